The van der Waals surface area contributed by atoms with Gasteiger partial charge in [-0.15, -0.1) is 5.10 Å². The highest BCUT2D eigenvalue weighted by Crippen LogP contribution is 2.43. The van der Waals surface area contributed by atoms with Crippen molar-refractivity contribution >= 4 is 15.9 Å². The van der Waals surface area contributed by atoms with Crippen molar-refractivity contribution < 1.29 is 9.13 Å². The molecule has 0 fully saturated rings. The number of nitrogens with two attached hydrogens (primary N) is 1. The lowest BCUT2D eigenvalue weighted by Crippen LogP contribution is -2.21. The molecule has 1 atom stereocenters. The molecule has 1 aromatic carbocycles. The highest BCUT2D eigenvalue weighted by molar-refractivity contribution is 9.10. The van der Waals surface area contributed by atoms with E-state index in [2.05, 4.69) is 32.2 Å². The lowest BCUT2D eigenvalue weighted by molar-refractivity contribution is 0.378. The average Bonchev–Trinajstić information content (AvgIpc) is 2.81. The normalized spacial score (nSPS) is 17.1. The van der Waals surface area contributed by atoms with E-state index in [1.165, 1.54) is 6.07 Å². The number of rotatable bonds is 1. The molecule has 3 rings (SSSR count). The molecule has 1 aromatic heterocycles. The summed E-state index contributed by atoms with van der Waals surface area (Å²) in [6, 6.07) is 6.67. The molecule has 0 saturated carbocycles. The van der Waals surface area contributed by atoms with Crippen molar-refractivity contribution in [2.24, 2.45) is 5.73 Å². The standard InChI is InChI=1S/C14H10BrFN4O/c1-6-11-12(7-2-3-10(16)9(15)4-7)8(5-17)13(18)21-14(11)20-19-6/h2-4,12H,18H2,1H3,(H,19,20). The Morgan fingerprint density at radius 2 is 2.29 bits per heavy atom. The van der Waals surface area contributed by atoms with Crippen LogP contribution >= 0.6 is 15.9 Å². The third-order valence-electron chi connectivity index (χ3n) is 3.41. The summed E-state index contributed by atoms with van der Waals surface area (Å²) in [6.07, 6.45) is 0. The zero-order valence-corrected chi connectivity index (χ0v) is 12.5. The summed E-state index contributed by atoms with van der Waals surface area (Å²) in [4.78, 5) is 0. The summed E-state index contributed by atoms with van der Waals surface area (Å²) in [6.45, 7) is 1.83. The van der Waals surface area contributed by atoms with Crippen LogP contribution in [0.2, 0.25) is 0 Å². The first-order valence-corrected chi connectivity index (χ1v) is 6.89. The second kappa shape index (κ2) is 4.90. The molecule has 0 spiro atoms. The van der Waals surface area contributed by atoms with Crippen LogP contribution in [0.4, 0.5) is 4.39 Å². The Morgan fingerprint density at radius 3 is 2.95 bits per heavy atom. The Balaban J connectivity index is 2.24. The first kappa shape index (κ1) is 13.6. The number of halogens is 2. The number of hydrogen-bond donors (Lipinski definition) is 2. The Labute approximate surface area is 128 Å². The highest BCUT2D eigenvalue weighted by Gasteiger charge is 2.34. The molecule has 0 saturated heterocycles. The second-order valence-corrected chi connectivity index (χ2v) is 5.52. The number of nitrogens with zero attached hydrogens (tertiary/aromatic N) is 2. The van der Waals surface area contributed by atoms with Crippen LogP contribution in [0.15, 0.2) is 34.1 Å². The van der Waals surface area contributed by atoms with Gasteiger partial charge in [-0.3, -0.25) is 5.10 Å². The van der Waals surface area contributed by atoms with Gasteiger partial charge in [0.2, 0.25) is 11.8 Å². The summed E-state index contributed by atoms with van der Waals surface area (Å²) >= 11 is 3.16. The smallest absolute Gasteiger partial charge is 0.244 e. The van der Waals surface area contributed by atoms with Gasteiger partial charge in [0.05, 0.1) is 10.4 Å². The molecule has 0 radical (unpaired) electrons. The van der Waals surface area contributed by atoms with E-state index in [4.69, 9.17) is 10.5 Å². The molecule has 106 valence electrons. The molecule has 21 heavy (non-hydrogen) atoms. The van der Waals surface area contributed by atoms with Crippen LogP contribution in [-0.2, 0) is 0 Å². The first-order valence-electron chi connectivity index (χ1n) is 6.10. The predicted molar refractivity (Wildman–Crippen MR) is 76.7 cm³/mol. The third kappa shape index (κ3) is 2.08. The zero-order valence-electron chi connectivity index (χ0n) is 10.9. The summed E-state index contributed by atoms with van der Waals surface area (Å²) in [7, 11) is 0. The maximum absolute atomic E-state index is 13.4. The minimum atomic E-state index is -0.436. The molecular formula is C14H10BrFN4O. The van der Waals surface area contributed by atoms with Gasteiger partial charge in [0.25, 0.3) is 0 Å². The fraction of sp³-hybridized carbons (Fsp3) is 0.143. The summed E-state index contributed by atoms with van der Waals surface area (Å²) in [5.41, 5.74) is 8.33. The monoisotopic (exact) mass is 348 g/mol. The number of hydrogen-bond acceptors (Lipinski definition) is 4. The van der Waals surface area contributed by atoms with E-state index in [1.54, 1.807) is 12.1 Å². The van der Waals surface area contributed by atoms with Gasteiger partial charge >= 0.3 is 0 Å². The molecule has 7 heteroatoms. The average molecular weight is 349 g/mol. The molecule has 1 unspecified atom stereocenters. The Bertz CT molecular complexity index is 806. The molecule has 0 aliphatic carbocycles. The topological polar surface area (TPSA) is 87.7 Å². The van der Waals surface area contributed by atoms with Crippen LogP contribution in [0.1, 0.15) is 22.7 Å². The number of aromatic amines is 1. The van der Waals surface area contributed by atoms with Crippen LogP contribution in [0.25, 0.3) is 0 Å². The van der Waals surface area contributed by atoms with Crippen molar-refractivity contribution in [2.45, 2.75) is 12.8 Å². The largest absolute Gasteiger partial charge is 0.420 e. The van der Waals surface area contributed by atoms with Gasteiger partial charge in [0.1, 0.15) is 17.5 Å². The van der Waals surface area contributed by atoms with E-state index in [0.717, 1.165) is 16.8 Å². The molecule has 2 aromatic rings. The Hall–Kier alpha value is -2.33. The summed E-state index contributed by atoms with van der Waals surface area (Å²) in [5.74, 6) is -0.448. The van der Waals surface area contributed by atoms with Crippen molar-refractivity contribution in [1.82, 2.24) is 10.2 Å². The molecule has 3 N–H and O–H groups in total. The number of allylic oxidation sites excluding steroid dienone is 1. The number of aryl methyl sites for hydroxylation is 1. The van der Waals surface area contributed by atoms with Crippen molar-refractivity contribution in [3.8, 4) is 11.9 Å². The number of benzene rings is 1. The number of ether oxygens (including phenoxy) is 1. The molecule has 2 heterocycles. The maximum Gasteiger partial charge on any atom is 0.244 e. The number of H-pyrrole nitrogens is 1. The van der Waals surface area contributed by atoms with Crippen LogP contribution in [0.5, 0.6) is 5.88 Å². The van der Waals surface area contributed by atoms with Crippen LogP contribution in [0.3, 0.4) is 0 Å². The van der Waals surface area contributed by atoms with E-state index in [0.29, 0.717) is 10.4 Å². The summed E-state index contributed by atoms with van der Waals surface area (Å²) in [5, 5.41) is 16.2. The van der Waals surface area contributed by atoms with E-state index in [9.17, 15) is 9.65 Å². The minimum absolute atomic E-state index is 0.0157. The van der Waals surface area contributed by atoms with E-state index in [-0.39, 0.29) is 17.3 Å². The van der Waals surface area contributed by atoms with Gasteiger partial charge in [-0.25, -0.2) is 4.39 Å². The Morgan fingerprint density at radius 1 is 1.52 bits per heavy atom. The lowest BCUT2D eigenvalue weighted by Gasteiger charge is -2.23. The quantitative estimate of drug-likeness (QED) is 0.829. The fourth-order valence-corrected chi connectivity index (χ4v) is 2.82. The molecule has 5 nitrogen and oxygen atoms in total. The van der Waals surface area contributed by atoms with Gasteiger partial charge in [-0.1, -0.05) is 6.07 Å². The van der Waals surface area contributed by atoms with Gasteiger partial charge in [-0.05, 0) is 40.5 Å². The Kier molecular flexibility index (Phi) is 3.18. The third-order valence-corrected chi connectivity index (χ3v) is 4.01. The zero-order chi connectivity index (χ0) is 15.1. The van der Waals surface area contributed by atoms with Crippen molar-refractivity contribution in [3.05, 3.63) is 56.8 Å². The summed E-state index contributed by atoms with van der Waals surface area (Å²) < 4.78 is 19.1. The number of fused-ring (bicyclic) bond motifs is 1. The van der Waals surface area contributed by atoms with E-state index < -0.39 is 5.92 Å². The highest BCUT2D eigenvalue weighted by atomic mass is 79.9. The van der Waals surface area contributed by atoms with Crippen LogP contribution in [0, 0.1) is 24.1 Å². The molecule has 1 aliphatic heterocycles. The number of nitrogens with one attached hydrogen (secondary N) is 1. The van der Waals surface area contributed by atoms with Gasteiger partial charge in [-0.2, -0.15) is 5.26 Å². The molecule has 1 aliphatic rings. The second-order valence-electron chi connectivity index (χ2n) is 4.67. The fourth-order valence-electron chi connectivity index (χ4n) is 2.42. The van der Waals surface area contributed by atoms with Crippen LogP contribution < -0.4 is 10.5 Å². The minimum Gasteiger partial charge on any atom is -0.420 e. The van der Waals surface area contributed by atoms with Crippen LogP contribution in [-0.4, -0.2) is 10.2 Å². The predicted octanol–water partition coefficient (Wildman–Crippen LogP) is 2.84. The van der Waals surface area contributed by atoms with E-state index >= 15 is 0 Å². The van der Waals surface area contributed by atoms with Gasteiger partial charge in [0, 0.05) is 11.3 Å². The lowest BCUT2D eigenvalue weighted by atomic mass is 9.84. The van der Waals surface area contributed by atoms with Gasteiger partial charge < -0.3 is 10.5 Å². The van der Waals surface area contributed by atoms with Crippen molar-refractivity contribution in [1.29, 1.82) is 5.26 Å². The molecular weight excluding hydrogens is 339 g/mol. The van der Waals surface area contributed by atoms with Crippen molar-refractivity contribution in [3.63, 3.8) is 0 Å². The number of nitriles is 1. The van der Waals surface area contributed by atoms with E-state index in [1.807, 2.05) is 6.92 Å². The number of aromatic nitrogens is 2. The first-order chi connectivity index (χ1) is 10.0. The molecule has 0 amide bonds. The molecule has 0 bridgehead atoms. The maximum atomic E-state index is 13.4. The van der Waals surface area contributed by atoms with Crippen molar-refractivity contribution in [2.75, 3.05) is 0 Å². The van der Waals surface area contributed by atoms with Gasteiger partial charge in [0.15, 0.2) is 0 Å². The SMILES string of the molecule is Cc1[nH]nc2c1C(c1ccc(F)c(Br)c1)C(C#N)=C(N)O2.